The minimum Gasteiger partial charge on any atom is -0.449 e. The van der Waals surface area contributed by atoms with Crippen LogP contribution < -0.4 is 0 Å². The van der Waals surface area contributed by atoms with Crippen LogP contribution in [0.2, 0.25) is 5.02 Å². The van der Waals surface area contributed by atoms with Crippen molar-refractivity contribution in [2.45, 2.75) is 52.6 Å². The van der Waals surface area contributed by atoms with Crippen molar-refractivity contribution < 1.29 is 28.5 Å². The van der Waals surface area contributed by atoms with Crippen LogP contribution in [0.5, 0.6) is 0 Å². The van der Waals surface area contributed by atoms with E-state index in [2.05, 4.69) is 0 Å². The number of carbonyl (C=O) groups is 2. The first-order valence-electron chi connectivity index (χ1n) is 8.73. The molecule has 1 saturated heterocycles. The van der Waals surface area contributed by atoms with Crippen molar-refractivity contribution in [3.8, 4) is 0 Å². The van der Waals surface area contributed by atoms with Gasteiger partial charge in [-0.1, -0.05) is 23.7 Å². The second-order valence-electron chi connectivity index (χ2n) is 8.08. The Morgan fingerprint density at radius 1 is 1.22 bits per heavy atom. The van der Waals surface area contributed by atoms with Crippen LogP contribution in [-0.4, -0.2) is 36.5 Å². The lowest BCUT2D eigenvalue weighted by atomic mass is 9.96. The fourth-order valence-corrected chi connectivity index (χ4v) is 2.99. The third-order valence-corrected chi connectivity index (χ3v) is 4.53. The molecular formula is C20H23ClO6. The lowest BCUT2D eigenvalue weighted by Gasteiger charge is -2.22. The normalized spacial score (nSPS) is 24.9. The van der Waals surface area contributed by atoms with Crippen LogP contribution >= 0.6 is 11.6 Å². The molecule has 1 fully saturated rings. The van der Waals surface area contributed by atoms with Gasteiger partial charge in [-0.3, -0.25) is 4.79 Å². The number of hydrogen-bond acceptors (Lipinski definition) is 6. The highest BCUT2D eigenvalue weighted by Crippen LogP contribution is 2.39. The van der Waals surface area contributed by atoms with Gasteiger partial charge in [-0.15, -0.1) is 0 Å². The summed E-state index contributed by atoms with van der Waals surface area (Å²) in [7, 11) is 0. The van der Waals surface area contributed by atoms with Crippen LogP contribution in [0.4, 0.5) is 0 Å². The Labute approximate surface area is 163 Å². The van der Waals surface area contributed by atoms with Gasteiger partial charge in [0, 0.05) is 5.02 Å². The summed E-state index contributed by atoms with van der Waals surface area (Å²) in [6, 6.07) is 6.89. The molecule has 0 aromatic heterocycles. The zero-order valence-corrected chi connectivity index (χ0v) is 16.8. The van der Waals surface area contributed by atoms with Gasteiger partial charge >= 0.3 is 11.9 Å². The van der Waals surface area contributed by atoms with E-state index in [1.54, 1.807) is 58.9 Å². The largest absolute Gasteiger partial charge is 0.449 e. The van der Waals surface area contributed by atoms with Crippen LogP contribution in [-0.2, 0) is 28.5 Å². The van der Waals surface area contributed by atoms with Crippen LogP contribution in [0.15, 0.2) is 30.0 Å². The van der Waals surface area contributed by atoms with Crippen molar-refractivity contribution in [1.82, 2.24) is 0 Å². The average molecular weight is 395 g/mol. The minimum atomic E-state index is -0.785. The molecule has 6 nitrogen and oxygen atoms in total. The quantitative estimate of drug-likeness (QED) is 0.728. The van der Waals surface area contributed by atoms with Gasteiger partial charge in [0.1, 0.15) is 6.10 Å². The molecule has 0 amide bonds. The minimum absolute atomic E-state index is 0.115. The Hall–Kier alpha value is -1.89. The van der Waals surface area contributed by atoms with Gasteiger partial charge in [-0.2, -0.15) is 0 Å². The van der Waals surface area contributed by atoms with E-state index in [-0.39, 0.29) is 12.4 Å². The van der Waals surface area contributed by atoms with E-state index in [1.165, 1.54) is 0 Å². The summed E-state index contributed by atoms with van der Waals surface area (Å²) >= 11 is 5.98. The number of esters is 2. The van der Waals surface area contributed by atoms with Gasteiger partial charge in [-0.25, -0.2) is 4.79 Å². The fourth-order valence-electron chi connectivity index (χ4n) is 2.86. The first-order chi connectivity index (χ1) is 12.5. The van der Waals surface area contributed by atoms with Crippen molar-refractivity contribution in [1.29, 1.82) is 0 Å². The molecule has 0 unspecified atom stereocenters. The second-order valence-corrected chi connectivity index (χ2v) is 8.52. The molecule has 0 aliphatic carbocycles. The van der Waals surface area contributed by atoms with Crippen molar-refractivity contribution in [2.75, 3.05) is 6.61 Å². The highest BCUT2D eigenvalue weighted by Gasteiger charge is 2.48. The van der Waals surface area contributed by atoms with Crippen molar-refractivity contribution >= 4 is 29.1 Å². The molecule has 0 saturated carbocycles. The standard InChI is InChI=1S/C20H23ClO6/c1-19(2,3)18(23)26-16-14(11-6-8-12(21)9-7-11)15(25-17(16)22)13-10-24-20(4,5)27-13/h6-9,13,15H,10H2,1-5H3/t13-,15+/m0/s1. The molecule has 7 heteroatoms. The number of carbonyl (C=O) groups excluding carboxylic acids is 2. The van der Waals surface area contributed by atoms with E-state index < -0.39 is 35.3 Å². The van der Waals surface area contributed by atoms with Gasteiger partial charge in [0.25, 0.3) is 0 Å². The molecule has 2 aliphatic heterocycles. The van der Waals surface area contributed by atoms with Crippen molar-refractivity contribution in [2.24, 2.45) is 5.41 Å². The van der Waals surface area contributed by atoms with E-state index >= 15 is 0 Å². The average Bonchev–Trinajstić information content (AvgIpc) is 3.08. The van der Waals surface area contributed by atoms with Gasteiger partial charge in [-0.05, 0) is 52.3 Å². The van der Waals surface area contributed by atoms with Gasteiger partial charge in [0.15, 0.2) is 11.9 Å². The van der Waals surface area contributed by atoms with Crippen LogP contribution in [0.1, 0.15) is 40.2 Å². The van der Waals surface area contributed by atoms with E-state index in [4.69, 9.17) is 30.5 Å². The molecule has 0 spiro atoms. The van der Waals surface area contributed by atoms with Crippen LogP contribution in [0, 0.1) is 5.41 Å². The van der Waals surface area contributed by atoms with Crippen molar-refractivity contribution in [3.05, 3.63) is 40.6 Å². The topological polar surface area (TPSA) is 71.1 Å². The molecule has 2 atom stereocenters. The Bertz CT molecular complexity index is 788. The summed E-state index contributed by atoms with van der Waals surface area (Å²) in [6.07, 6.45) is -1.26. The summed E-state index contributed by atoms with van der Waals surface area (Å²) in [6.45, 7) is 8.97. The number of benzene rings is 1. The first kappa shape index (κ1) is 19.9. The maximum absolute atomic E-state index is 12.5. The summed E-state index contributed by atoms with van der Waals surface area (Å²) in [4.78, 5) is 24.9. The van der Waals surface area contributed by atoms with Crippen LogP contribution in [0.25, 0.3) is 5.57 Å². The molecule has 1 aromatic carbocycles. The third kappa shape index (κ3) is 4.18. The van der Waals surface area contributed by atoms with E-state index in [9.17, 15) is 9.59 Å². The zero-order valence-electron chi connectivity index (χ0n) is 16.0. The predicted octanol–water partition coefficient (Wildman–Crippen LogP) is 3.72. The number of rotatable bonds is 3. The molecule has 27 heavy (non-hydrogen) atoms. The molecule has 2 aliphatic rings. The maximum Gasteiger partial charge on any atom is 0.375 e. The highest BCUT2D eigenvalue weighted by atomic mass is 35.5. The van der Waals surface area contributed by atoms with E-state index in [0.29, 0.717) is 16.2 Å². The summed E-state index contributed by atoms with van der Waals surface area (Å²) in [5.74, 6) is -2.12. The molecule has 1 aromatic rings. The van der Waals surface area contributed by atoms with E-state index in [0.717, 1.165) is 0 Å². The van der Waals surface area contributed by atoms with E-state index in [1.807, 2.05) is 0 Å². The number of hydrogen-bond donors (Lipinski definition) is 0. The number of ether oxygens (including phenoxy) is 4. The smallest absolute Gasteiger partial charge is 0.375 e. The third-order valence-electron chi connectivity index (χ3n) is 4.28. The lowest BCUT2D eigenvalue weighted by molar-refractivity contribution is -0.163. The molecule has 2 heterocycles. The van der Waals surface area contributed by atoms with Crippen molar-refractivity contribution in [3.63, 3.8) is 0 Å². The number of cyclic esters (lactones) is 1. The SMILES string of the molecule is CC1(C)OC[C@@H]([C@H]2OC(=O)C(OC(=O)C(C)(C)C)=C2c2ccc(Cl)cc2)O1. The Morgan fingerprint density at radius 2 is 1.85 bits per heavy atom. The summed E-state index contributed by atoms with van der Waals surface area (Å²) in [5.41, 5.74) is 0.353. The monoisotopic (exact) mass is 394 g/mol. The number of halogens is 1. The molecule has 146 valence electrons. The first-order valence-corrected chi connectivity index (χ1v) is 9.11. The Morgan fingerprint density at radius 3 is 2.37 bits per heavy atom. The molecule has 0 radical (unpaired) electrons. The Kier molecular flexibility index (Phi) is 5.10. The second kappa shape index (κ2) is 6.93. The fraction of sp³-hybridized carbons (Fsp3) is 0.500. The summed E-state index contributed by atoms with van der Waals surface area (Å²) < 4.78 is 22.5. The molecule has 3 rings (SSSR count). The maximum atomic E-state index is 12.5. The van der Waals surface area contributed by atoms with Gasteiger partial charge < -0.3 is 18.9 Å². The molecule has 0 N–H and O–H groups in total. The Balaban J connectivity index is 2.03. The zero-order chi connectivity index (χ0) is 20.0. The lowest BCUT2D eigenvalue weighted by Crippen LogP contribution is -2.32. The molecule has 0 bridgehead atoms. The van der Waals surface area contributed by atoms with Crippen LogP contribution in [0.3, 0.4) is 0 Å². The predicted molar refractivity (Wildman–Crippen MR) is 98.7 cm³/mol. The summed E-state index contributed by atoms with van der Waals surface area (Å²) in [5, 5.41) is 0.552. The highest BCUT2D eigenvalue weighted by molar-refractivity contribution is 6.30. The molecular weight excluding hydrogens is 372 g/mol. The van der Waals surface area contributed by atoms with Gasteiger partial charge in [0.05, 0.1) is 17.6 Å². The van der Waals surface area contributed by atoms with Gasteiger partial charge in [0.2, 0.25) is 5.76 Å².